The fraction of sp³-hybridized carbons (Fsp3) is 0.455. The number of likely N-dealkylation sites (N-methyl/N-ethyl adjacent to an activating group) is 1. The molecule has 0 bridgehead atoms. The summed E-state index contributed by atoms with van der Waals surface area (Å²) in [6.07, 6.45) is 3.11. The van der Waals surface area contributed by atoms with E-state index in [1.807, 2.05) is 7.05 Å². The van der Waals surface area contributed by atoms with Crippen molar-refractivity contribution < 1.29 is 4.79 Å². The van der Waals surface area contributed by atoms with Crippen molar-refractivity contribution in [1.29, 1.82) is 0 Å². The molecule has 1 atom stereocenters. The Bertz CT molecular complexity index is 397. The van der Waals surface area contributed by atoms with Gasteiger partial charge >= 0.3 is 0 Å². The normalized spacial score (nSPS) is 21.0. The van der Waals surface area contributed by atoms with Gasteiger partial charge in [-0.05, 0) is 18.6 Å². The Morgan fingerprint density at radius 1 is 1.62 bits per heavy atom. The molecule has 16 heavy (non-hydrogen) atoms. The molecule has 1 amide bonds. The van der Waals surface area contributed by atoms with Crippen LogP contribution < -0.4 is 5.32 Å². The second-order valence-electron chi connectivity index (χ2n) is 3.99. The maximum atomic E-state index is 11.3. The zero-order valence-electron chi connectivity index (χ0n) is 9.11. The van der Waals surface area contributed by atoms with E-state index in [2.05, 4.69) is 10.3 Å². The number of halogens is 1. The SMILES string of the molecule is CN1CC(Nc2ncccc2Cl)CCC1=O. The Hall–Kier alpha value is -1.29. The van der Waals surface area contributed by atoms with Crippen molar-refractivity contribution in [1.82, 2.24) is 9.88 Å². The first kappa shape index (κ1) is 11.2. The van der Waals surface area contributed by atoms with Crippen LogP contribution in [0.25, 0.3) is 0 Å². The Labute approximate surface area is 99.6 Å². The standard InChI is InChI=1S/C11H14ClN3O/c1-15-7-8(4-5-10(15)16)14-11-9(12)3-2-6-13-11/h2-3,6,8H,4-5,7H2,1H3,(H,13,14). The quantitative estimate of drug-likeness (QED) is 0.856. The van der Waals surface area contributed by atoms with Crippen molar-refractivity contribution in [3.8, 4) is 0 Å². The van der Waals surface area contributed by atoms with Crippen LogP contribution in [0.3, 0.4) is 0 Å². The lowest BCUT2D eigenvalue weighted by molar-refractivity contribution is -0.132. The lowest BCUT2D eigenvalue weighted by atomic mass is 10.1. The number of carbonyl (C=O) groups excluding carboxylic acids is 1. The first-order valence-corrected chi connectivity index (χ1v) is 5.65. The van der Waals surface area contributed by atoms with Crippen molar-refractivity contribution in [3.63, 3.8) is 0 Å². The highest BCUT2D eigenvalue weighted by molar-refractivity contribution is 6.32. The minimum absolute atomic E-state index is 0.199. The summed E-state index contributed by atoms with van der Waals surface area (Å²) in [6, 6.07) is 3.83. The largest absolute Gasteiger partial charge is 0.364 e. The molecule has 1 aliphatic rings. The lowest BCUT2D eigenvalue weighted by Crippen LogP contribution is -2.43. The van der Waals surface area contributed by atoms with Crippen molar-refractivity contribution in [3.05, 3.63) is 23.4 Å². The summed E-state index contributed by atoms with van der Waals surface area (Å²) in [6.45, 7) is 0.700. The average molecular weight is 240 g/mol. The fourth-order valence-electron chi connectivity index (χ4n) is 1.82. The number of hydrogen-bond acceptors (Lipinski definition) is 3. The van der Waals surface area contributed by atoms with Crippen LogP contribution in [0, 0.1) is 0 Å². The van der Waals surface area contributed by atoms with Crippen molar-refractivity contribution in [2.24, 2.45) is 0 Å². The van der Waals surface area contributed by atoms with E-state index in [0.717, 1.165) is 6.42 Å². The number of likely N-dealkylation sites (tertiary alicyclic amines) is 1. The zero-order valence-corrected chi connectivity index (χ0v) is 9.87. The van der Waals surface area contributed by atoms with Gasteiger partial charge in [0.2, 0.25) is 5.91 Å². The van der Waals surface area contributed by atoms with E-state index < -0.39 is 0 Å². The van der Waals surface area contributed by atoms with Gasteiger partial charge in [0.15, 0.2) is 0 Å². The molecule has 2 rings (SSSR count). The third-order valence-electron chi connectivity index (χ3n) is 2.73. The highest BCUT2D eigenvalue weighted by Crippen LogP contribution is 2.21. The molecule has 0 saturated carbocycles. The number of nitrogens with zero attached hydrogens (tertiary/aromatic N) is 2. The molecule has 1 aromatic rings. The summed E-state index contributed by atoms with van der Waals surface area (Å²) < 4.78 is 0. The minimum Gasteiger partial charge on any atom is -0.364 e. The number of carbonyl (C=O) groups is 1. The van der Waals surface area contributed by atoms with Gasteiger partial charge in [0.1, 0.15) is 5.82 Å². The Morgan fingerprint density at radius 2 is 2.44 bits per heavy atom. The number of amides is 1. The molecule has 4 nitrogen and oxygen atoms in total. The molecule has 1 N–H and O–H groups in total. The summed E-state index contributed by atoms with van der Waals surface area (Å²) in [5, 5.41) is 3.88. The molecule has 0 aromatic carbocycles. The van der Waals surface area contributed by atoms with E-state index in [9.17, 15) is 4.79 Å². The molecule has 86 valence electrons. The molecular weight excluding hydrogens is 226 g/mol. The number of hydrogen-bond donors (Lipinski definition) is 1. The average Bonchev–Trinajstić information content (AvgIpc) is 2.27. The number of rotatable bonds is 2. The minimum atomic E-state index is 0.199. The number of pyridine rings is 1. The van der Waals surface area contributed by atoms with Crippen molar-refractivity contribution in [2.75, 3.05) is 18.9 Å². The Morgan fingerprint density at radius 3 is 3.12 bits per heavy atom. The van der Waals surface area contributed by atoms with Gasteiger partial charge in [-0.3, -0.25) is 4.79 Å². The predicted octanol–water partition coefficient (Wildman–Crippen LogP) is 1.77. The Kier molecular flexibility index (Phi) is 3.29. The summed E-state index contributed by atoms with van der Waals surface area (Å²) in [4.78, 5) is 17.2. The van der Waals surface area contributed by atoms with Crippen LogP contribution in [0.5, 0.6) is 0 Å². The smallest absolute Gasteiger partial charge is 0.222 e. The maximum Gasteiger partial charge on any atom is 0.222 e. The molecule has 5 heteroatoms. The van der Waals surface area contributed by atoms with Gasteiger partial charge < -0.3 is 10.2 Å². The molecule has 1 fully saturated rings. The van der Waals surface area contributed by atoms with E-state index >= 15 is 0 Å². The highest BCUT2D eigenvalue weighted by atomic mass is 35.5. The van der Waals surface area contributed by atoms with Gasteiger partial charge in [-0.15, -0.1) is 0 Å². The predicted molar refractivity (Wildman–Crippen MR) is 63.5 cm³/mol. The van der Waals surface area contributed by atoms with E-state index in [0.29, 0.717) is 23.8 Å². The van der Waals surface area contributed by atoms with E-state index in [1.54, 1.807) is 23.2 Å². The van der Waals surface area contributed by atoms with Gasteiger partial charge in [0.25, 0.3) is 0 Å². The van der Waals surface area contributed by atoms with E-state index in [1.165, 1.54) is 0 Å². The lowest BCUT2D eigenvalue weighted by Gasteiger charge is -2.30. The number of anilines is 1. The number of piperidine rings is 1. The molecular formula is C11H14ClN3O. The van der Waals surface area contributed by atoms with Crippen LogP contribution in [-0.4, -0.2) is 35.4 Å². The molecule has 1 aliphatic heterocycles. The molecule has 2 heterocycles. The van der Waals surface area contributed by atoms with E-state index in [4.69, 9.17) is 11.6 Å². The summed E-state index contributed by atoms with van der Waals surface area (Å²) in [5.41, 5.74) is 0. The van der Waals surface area contributed by atoms with Crippen LogP contribution in [0.1, 0.15) is 12.8 Å². The zero-order chi connectivity index (χ0) is 11.5. The van der Waals surface area contributed by atoms with Crippen LogP contribution >= 0.6 is 11.6 Å². The first-order chi connectivity index (χ1) is 7.66. The second-order valence-corrected chi connectivity index (χ2v) is 4.40. The topological polar surface area (TPSA) is 45.2 Å². The van der Waals surface area contributed by atoms with Crippen LogP contribution in [0.15, 0.2) is 18.3 Å². The maximum absolute atomic E-state index is 11.3. The summed E-state index contributed by atoms with van der Waals surface area (Å²) in [5.74, 6) is 0.891. The van der Waals surface area contributed by atoms with Gasteiger partial charge in [-0.25, -0.2) is 4.98 Å². The van der Waals surface area contributed by atoms with Gasteiger partial charge in [0, 0.05) is 32.3 Å². The van der Waals surface area contributed by atoms with Crippen LogP contribution in [-0.2, 0) is 4.79 Å². The fourth-order valence-corrected chi connectivity index (χ4v) is 1.99. The van der Waals surface area contributed by atoms with Crippen LogP contribution in [0.4, 0.5) is 5.82 Å². The molecule has 0 aliphatic carbocycles. The monoisotopic (exact) mass is 239 g/mol. The Balaban J connectivity index is 2.01. The van der Waals surface area contributed by atoms with Gasteiger partial charge in [0.05, 0.1) is 5.02 Å². The van der Waals surface area contributed by atoms with Crippen molar-refractivity contribution >= 4 is 23.3 Å². The molecule has 1 unspecified atom stereocenters. The molecule has 0 spiro atoms. The number of aromatic nitrogens is 1. The van der Waals surface area contributed by atoms with Gasteiger partial charge in [-0.2, -0.15) is 0 Å². The third kappa shape index (κ3) is 2.44. The number of nitrogens with one attached hydrogen (secondary N) is 1. The molecule has 1 saturated heterocycles. The van der Waals surface area contributed by atoms with Gasteiger partial charge in [-0.1, -0.05) is 11.6 Å². The summed E-state index contributed by atoms with van der Waals surface area (Å²) in [7, 11) is 1.82. The van der Waals surface area contributed by atoms with Crippen molar-refractivity contribution in [2.45, 2.75) is 18.9 Å². The molecule has 1 aromatic heterocycles. The van der Waals surface area contributed by atoms with Crippen LogP contribution in [0.2, 0.25) is 5.02 Å². The van der Waals surface area contributed by atoms with E-state index in [-0.39, 0.29) is 11.9 Å². The second kappa shape index (κ2) is 4.70. The highest BCUT2D eigenvalue weighted by Gasteiger charge is 2.23. The molecule has 0 radical (unpaired) electrons. The summed E-state index contributed by atoms with van der Waals surface area (Å²) >= 11 is 6.00. The first-order valence-electron chi connectivity index (χ1n) is 5.28. The third-order valence-corrected chi connectivity index (χ3v) is 3.03.